The van der Waals surface area contributed by atoms with Crippen molar-refractivity contribution in [3.8, 4) is 5.75 Å². The normalized spacial score (nSPS) is 10.3. The van der Waals surface area contributed by atoms with Crippen LogP contribution < -0.4 is 10.1 Å². The predicted molar refractivity (Wildman–Crippen MR) is 101 cm³/mol. The van der Waals surface area contributed by atoms with E-state index in [0.29, 0.717) is 11.4 Å². The number of hydrogen-bond acceptors (Lipinski definition) is 5. The molecule has 2 heterocycles. The minimum Gasteiger partial charge on any atom is -0.484 e. The molecule has 3 rings (SSSR count). The third-order valence-electron chi connectivity index (χ3n) is 3.05. The maximum Gasteiger partial charge on any atom is 0.262 e. The van der Waals surface area contributed by atoms with Crippen LogP contribution in [0.25, 0.3) is 0 Å². The number of rotatable bonds is 6. The van der Waals surface area contributed by atoms with Crippen LogP contribution in [0.2, 0.25) is 0 Å². The van der Waals surface area contributed by atoms with Crippen LogP contribution in [0.1, 0.15) is 0 Å². The molecule has 5 nitrogen and oxygen atoms in total. The topological polar surface area (TPSA) is 64.1 Å². The van der Waals surface area contributed by atoms with Gasteiger partial charge in [-0.1, -0.05) is 33.8 Å². The van der Waals surface area contributed by atoms with E-state index in [0.717, 1.165) is 14.5 Å². The maximum absolute atomic E-state index is 12.0. The van der Waals surface area contributed by atoms with E-state index in [4.69, 9.17) is 4.74 Å². The Morgan fingerprint density at radius 2 is 1.84 bits per heavy atom. The summed E-state index contributed by atoms with van der Waals surface area (Å²) in [5.41, 5.74) is 0.665. The molecule has 0 fully saturated rings. The highest BCUT2D eigenvalue weighted by atomic mass is 79.9. The average molecular weight is 416 g/mol. The summed E-state index contributed by atoms with van der Waals surface area (Å²) in [5.74, 6) is 0.405. The fraction of sp³-hybridized carbons (Fsp3) is 0.0556. The summed E-state index contributed by atoms with van der Waals surface area (Å²) in [4.78, 5) is 20.6. The van der Waals surface area contributed by atoms with Crippen molar-refractivity contribution in [1.29, 1.82) is 0 Å². The first-order chi connectivity index (χ1) is 12.2. The number of pyridine rings is 2. The van der Waals surface area contributed by atoms with Gasteiger partial charge in [0.1, 0.15) is 15.8 Å². The molecule has 0 bridgehead atoms. The van der Waals surface area contributed by atoms with Gasteiger partial charge in [0.15, 0.2) is 6.61 Å². The van der Waals surface area contributed by atoms with Crippen LogP contribution in [-0.4, -0.2) is 22.5 Å². The number of halogens is 1. The molecule has 2 aromatic heterocycles. The second-order valence-corrected chi connectivity index (χ2v) is 6.90. The molecule has 1 aromatic carbocycles. The lowest BCUT2D eigenvalue weighted by Crippen LogP contribution is -2.20. The van der Waals surface area contributed by atoms with Gasteiger partial charge in [-0.05, 0) is 48.5 Å². The Morgan fingerprint density at radius 3 is 2.60 bits per heavy atom. The molecule has 126 valence electrons. The third-order valence-corrected chi connectivity index (χ3v) is 4.46. The third kappa shape index (κ3) is 5.58. The summed E-state index contributed by atoms with van der Waals surface area (Å²) >= 11 is 4.78. The Bertz CT molecular complexity index is 844. The number of nitrogens with zero attached hydrogens (tertiary/aromatic N) is 2. The van der Waals surface area contributed by atoms with Crippen molar-refractivity contribution in [2.75, 3.05) is 11.9 Å². The quantitative estimate of drug-likeness (QED) is 0.645. The molecule has 1 amide bonds. The molecule has 25 heavy (non-hydrogen) atoms. The van der Waals surface area contributed by atoms with Gasteiger partial charge < -0.3 is 10.1 Å². The summed E-state index contributed by atoms with van der Waals surface area (Å²) < 4.78 is 6.41. The smallest absolute Gasteiger partial charge is 0.262 e. The second-order valence-electron chi connectivity index (χ2n) is 4.94. The van der Waals surface area contributed by atoms with Crippen LogP contribution in [0.5, 0.6) is 5.75 Å². The van der Waals surface area contributed by atoms with E-state index < -0.39 is 0 Å². The minimum absolute atomic E-state index is 0.0628. The first-order valence-corrected chi connectivity index (χ1v) is 9.03. The molecule has 0 aliphatic rings. The van der Waals surface area contributed by atoms with Gasteiger partial charge >= 0.3 is 0 Å². The molecule has 3 aromatic rings. The molecule has 0 unspecified atom stereocenters. The van der Waals surface area contributed by atoms with Crippen molar-refractivity contribution < 1.29 is 9.53 Å². The fourth-order valence-corrected chi connectivity index (χ4v) is 2.97. The van der Waals surface area contributed by atoms with Crippen molar-refractivity contribution in [1.82, 2.24) is 9.97 Å². The number of amides is 1. The molecular formula is C18H14BrN3O2S. The number of anilines is 1. The van der Waals surface area contributed by atoms with Gasteiger partial charge in [-0.3, -0.25) is 4.79 Å². The van der Waals surface area contributed by atoms with Gasteiger partial charge in [0.05, 0.1) is 0 Å². The van der Waals surface area contributed by atoms with E-state index >= 15 is 0 Å². The zero-order chi connectivity index (χ0) is 17.5. The number of carbonyl (C=O) groups excluding carboxylic acids is 1. The van der Waals surface area contributed by atoms with Gasteiger partial charge in [-0.15, -0.1) is 0 Å². The standard InChI is InChI=1S/C18H14BrN3O2S/c19-13-4-6-15(7-5-13)24-12-16(23)22-14-8-10-21-18(11-14)25-17-3-1-2-9-20-17/h1-11H,12H2,(H,21,22,23). The SMILES string of the molecule is O=C(COc1ccc(Br)cc1)Nc1ccnc(Sc2ccccn2)c1. The highest BCUT2D eigenvalue weighted by Gasteiger charge is 2.06. The number of hydrogen-bond donors (Lipinski definition) is 1. The van der Waals surface area contributed by atoms with Gasteiger partial charge in [0, 0.05) is 22.6 Å². The predicted octanol–water partition coefficient (Wildman–Crippen LogP) is 4.41. The fourth-order valence-electron chi connectivity index (χ4n) is 1.93. The molecule has 0 aliphatic carbocycles. The zero-order valence-corrected chi connectivity index (χ0v) is 15.5. The van der Waals surface area contributed by atoms with E-state index in [-0.39, 0.29) is 12.5 Å². The molecule has 7 heteroatoms. The molecule has 0 atom stereocenters. The first kappa shape index (κ1) is 17.4. The number of benzene rings is 1. The lowest BCUT2D eigenvalue weighted by molar-refractivity contribution is -0.118. The maximum atomic E-state index is 12.0. The Kier molecular flexibility index (Phi) is 6.03. The number of aromatic nitrogens is 2. The summed E-state index contributed by atoms with van der Waals surface area (Å²) in [6, 6.07) is 16.5. The summed E-state index contributed by atoms with van der Waals surface area (Å²) in [6.07, 6.45) is 3.38. The summed E-state index contributed by atoms with van der Waals surface area (Å²) in [6.45, 7) is -0.0628. The van der Waals surface area contributed by atoms with Crippen LogP contribution in [-0.2, 0) is 4.79 Å². The summed E-state index contributed by atoms with van der Waals surface area (Å²) in [7, 11) is 0. The lowest BCUT2D eigenvalue weighted by Gasteiger charge is -2.08. The zero-order valence-electron chi connectivity index (χ0n) is 13.1. The minimum atomic E-state index is -0.233. The van der Waals surface area contributed by atoms with Gasteiger partial charge in [0.25, 0.3) is 5.91 Å². The van der Waals surface area contributed by atoms with Gasteiger partial charge in [-0.25, -0.2) is 9.97 Å². The molecule has 0 aliphatic heterocycles. The molecular weight excluding hydrogens is 402 g/mol. The lowest BCUT2D eigenvalue weighted by atomic mass is 10.3. The van der Waals surface area contributed by atoms with Crippen molar-refractivity contribution >= 4 is 39.3 Å². The highest BCUT2D eigenvalue weighted by Crippen LogP contribution is 2.25. The van der Waals surface area contributed by atoms with Crippen molar-refractivity contribution in [3.63, 3.8) is 0 Å². The second kappa shape index (κ2) is 8.64. The van der Waals surface area contributed by atoms with Crippen molar-refractivity contribution in [2.45, 2.75) is 10.1 Å². The molecule has 1 N–H and O–H groups in total. The number of ether oxygens (including phenoxy) is 1. The van der Waals surface area contributed by atoms with Crippen molar-refractivity contribution in [3.05, 3.63) is 71.5 Å². The van der Waals surface area contributed by atoms with Crippen LogP contribution in [0.15, 0.2) is 81.5 Å². The van der Waals surface area contributed by atoms with Crippen molar-refractivity contribution in [2.24, 2.45) is 0 Å². The average Bonchev–Trinajstić information content (AvgIpc) is 2.62. The van der Waals surface area contributed by atoms with Gasteiger partial charge in [0.2, 0.25) is 0 Å². The monoisotopic (exact) mass is 415 g/mol. The van der Waals surface area contributed by atoms with Crippen LogP contribution in [0.3, 0.4) is 0 Å². The number of nitrogens with one attached hydrogen (secondary N) is 1. The molecule has 0 saturated carbocycles. The van der Waals surface area contributed by atoms with Crippen LogP contribution in [0, 0.1) is 0 Å². The van der Waals surface area contributed by atoms with E-state index in [1.54, 1.807) is 36.7 Å². The van der Waals surface area contributed by atoms with Crippen LogP contribution in [0.4, 0.5) is 5.69 Å². The first-order valence-electron chi connectivity index (χ1n) is 7.42. The number of carbonyl (C=O) groups is 1. The Morgan fingerprint density at radius 1 is 1.04 bits per heavy atom. The van der Waals surface area contributed by atoms with E-state index in [1.807, 2.05) is 30.3 Å². The largest absolute Gasteiger partial charge is 0.484 e. The van der Waals surface area contributed by atoms with E-state index in [2.05, 4.69) is 31.2 Å². The Balaban J connectivity index is 1.56. The Hall–Kier alpha value is -2.38. The summed E-state index contributed by atoms with van der Waals surface area (Å²) in [5, 5.41) is 4.40. The van der Waals surface area contributed by atoms with Gasteiger partial charge in [-0.2, -0.15) is 0 Å². The Labute approximate surface area is 158 Å². The van der Waals surface area contributed by atoms with E-state index in [9.17, 15) is 4.79 Å². The van der Waals surface area contributed by atoms with Crippen LogP contribution >= 0.6 is 27.7 Å². The molecule has 0 radical (unpaired) electrons. The molecule has 0 spiro atoms. The highest BCUT2D eigenvalue weighted by molar-refractivity contribution is 9.10. The molecule has 0 saturated heterocycles. The van der Waals surface area contributed by atoms with E-state index in [1.165, 1.54) is 11.8 Å².